The van der Waals surface area contributed by atoms with E-state index in [1.807, 2.05) is 0 Å². The zero-order valence-corrected chi connectivity index (χ0v) is 9.22. The predicted molar refractivity (Wildman–Crippen MR) is 55.8 cm³/mol. The van der Waals surface area contributed by atoms with Crippen LogP contribution in [0, 0.1) is 28.6 Å². The lowest BCUT2D eigenvalue weighted by Gasteiger charge is -2.16. The molecule has 4 nitrogen and oxygen atoms in total. The van der Waals surface area contributed by atoms with Gasteiger partial charge in [0.05, 0.1) is 18.2 Å². The molecule has 0 amide bonds. The molecule has 0 aliphatic rings. The second kappa shape index (κ2) is 5.37. The quantitative estimate of drug-likeness (QED) is 0.776. The molecule has 1 atom stereocenters. The molecular formula is C11H9F3N4. The van der Waals surface area contributed by atoms with E-state index < -0.39 is 23.8 Å². The van der Waals surface area contributed by atoms with Crippen LogP contribution in [0.15, 0.2) is 24.9 Å². The molecule has 1 rings (SSSR count). The highest BCUT2D eigenvalue weighted by atomic mass is 19.4. The van der Waals surface area contributed by atoms with E-state index in [0.29, 0.717) is 0 Å². The molecule has 0 radical (unpaired) electrons. The largest absolute Gasteiger partial charge is 0.435 e. The molecule has 1 heterocycles. The molecule has 0 N–H and O–H groups in total. The molecule has 94 valence electrons. The van der Waals surface area contributed by atoms with Crippen molar-refractivity contribution in [2.75, 3.05) is 0 Å². The van der Waals surface area contributed by atoms with E-state index in [4.69, 9.17) is 10.5 Å². The fourth-order valence-electron chi connectivity index (χ4n) is 1.44. The van der Waals surface area contributed by atoms with Gasteiger partial charge in [-0.1, -0.05) is 6.08 Å². The number of hydrogen-bond acceptors (Lipinski definition) is 3. The predicted octanol–water partition coefficient (Wildman–Crippen LogP) is 2.68. The van der Waals surface area contributed by atoms with Crippen molar-refractivity contribution in [2.24, 2.45) is 5.92 Å². The lowest BCUT2D eigenvalue weighted by atomic mass is 10.0. The first kappa shape index (κ1) is 13.8. The first-order valence-corrected chi connectivity index (χ1v) is 4.96. The van der Waals surface area contributed by atoms with Gasteiger partial charge in [-0.2, -0.15) is 28.8 Å². The highest BCUT2D eigenvalue weighted by Gasteiger charge is 2.34. The summed E-state index contributed by atoms with van der Waals surface area (Å²) in [5.74, 6) is -1.08. The Hall–Kier alpha value is -2.28. The van der Waals surface area contributed by atoms with Gasteiger partial charge in [-0.15, -0.1) is 6.58 Å². The van der Waals surface area contributed by atoms with Crippen molar-refractivity contribution in [1.29, 1.82) is 10.5 Å². The Balaban J connectivity index is 3.09. The maximum atomic E-state index is 12.4. The van der Waals surface area contributed by atoms with E-state index in [1.54, 1.807) is 12.1 Å². The van der Waals surface area contributed by atoms with Crippen LogP contribution in [0.2, 0.25) is 0 Å². The van der Waals surface area contributed by atoms with Crippen molar-refractivity contribution in [3.05, 3.63) is 30.6 Å². The summed E-state index contributed by atoms with van der Waals surface area (Å²) < 4.78 is 38.2. The third-order valence-corrected chi connectivity index (χ3v) is 2.31. The van der Waals surface area contributed by atoms with Gasteiger partial charge in [0.25, 0.3) is 0 Å². The lowest BCUT2D eigenvalue weighted by Crippen LogP contribution is -2.18. The molecule has 1 aromatic rings. The third-order valence-electron chi connectivity index (χ3n) is 2.31. The molecule has 0 bridgehead atoms. The zero-order chi connectivity index (χ0) is 13.8. The van der Waals surface area contributed by atoms with Gasteiger partial charge in [0.2, 0.25) is 0 Å². The Morgan fingerprint density at radius 3 is 2.44 bits per heavy atom. The van der Waals surface area contributed by atoms with Gasteiger partial charge in [-0.3, -0.25) is 4.68 Å². The molecule has 0 aromatic carbocycles. The van der Waals surface area contributed by atoms with E-state index >= 15 is 0 Å². The number of nitrogens with zero attached hydrogens (tertiary/aromatic N) is 4. The third kappa shape index (κ3) is 2.89. The number of aromatic nitrogens is 2. The first-order valence-electron chi connectivity index (χ1n) is 4.96. The second-order valence-electron chi connectivity index (χ2n) is 3.51. The second-order valence-corrected chi connectivity index (χ2v) is 3.51. The van der Waals surface area contributed by atoms with Gasteiger partial charge in [-0.05, 0) is 12.5 Å². The minimum absolute atomic E-state index is 0.185. The highest BCUT2D eigenvalue weighted by Crippen LogP contribution is 2.29. The minimum Gasteiger partial charge on any atom is -0.266 e. The minimum atomic E-state index is -4.54. The number of nitriles is 2. The Bertz CT molecular complexity index is 490. The Morgan fingerprint density at radius 2 is 2.06 bits per heavy atom. The maximum absolute atomic E-state index is 12.4. The van der Waals surface area contributed by atoms with Gasteiger partial charge in [0.1, 0.15) is 0 Å². The van der Waals surface area contributed by atoms with Crippen LogP contribution in [-0.2, 0) is 6.18 Å². The fourth-order valence-corrected chi connectivity index (χ4v) is 1.44. The van der Waals surface area contributed by atoms with Crippen LogP contribution in [0.4, 0.5) is 13.2 Å². The van der Waals surface area contributed by atoms with Crippen molar-refractivity contribution in [3.8, 4) is 12.1 Å². The molecule has 0 aliphatic carbocycles. The Morgan fingerprint density at radius 1 is 1.44 bits per heavy atom. The summed E-state index contributed by atoms with van der Waals surface area (Å²) in [6.07, 6.45) is -1.82. The van der Waals surface area contributed by atoms with E-state index in [0.717, 1.165) is 16.9 Å². The molecule has 0 saturated heterocycles. The molecular weight excluding hydrogens is 245 g/mol. The first-order chi connectivity index (χ1) is 8.43. The summed E-state index contributed by atoms with van der Waals surface area (Å²) >= 11 is 0. The van der Waals surface area contributed by atoms with E-state index in [2.05, 4.69) is 11.7 Å². The summed E-state index contributed by atoms with van der Waals surface area (Å²) in [7, 11) is 0. The van der Waals surface area contributed by atoms with Gasteiger partial charge < -0.3 is 0 Å². The SMILES string of the molecule is C=CCC(C(C#N)C#N)n1ccc(C(F)(F)F)n1. The molecule has 7 heteroatoms. The van der Waals surface area contributed by atoms with Crippen molar-refractivity contribution in [3.63, 3.8) is 0 Å². The summed E-state index contributed by atoms with van der Waals surface area (Å²) in [6, 6.07) is 3.50. The van der Waals surface area contributed by atoms with Gasteiger partial charge in [0, 0.05) is 6.20 Å². The Kier molecular flexibility index (Phi) is 4.11. The number of allylic oxidation sites excluding steroid dienone is 1. The van der Waals surface area contributed by atoms with Crippen molar-refractivity contribution < 1.29 is 13.2 Å². The maximum Gasteiger partial charge on any atom is 0.435 e. The summed E-state index contributed by atoms with van der Waals surface area (Å²) in [5, 5.41) is 20.9. The topological polar surface area (TPSA) is 65.4 Å². The average Bonchev–Trinajstić information content (AvgIpc) is 2.78. The standard InChI is InChI=1S/C11H9F3N4/c1-2-3-9(8(6-15)7-16)18-5-4-10(17-18)11(12,13)14/h2,4-5,8-9H,1,3H2. The smallest absolute Gasteiger partial charge is 0.266 e. The van der Waals surface area contributed by atoms with Crippen LogP contribution in [0.25, 0.3) is 0 Å². The summed E-state index contributed by atoms with van der Waals surface area (Å²) in [5.41, 5.74) is -1.05. The highest BCUT2D eigenvalue weighted by molar-refractivity contribution is 5.09. The number of rotatable bonds is 4. The van der Waals surface area contributed by atoms with Crippen molar-refractivity contribution in [1.82, 2.24) is 9.78 Å². The van der Waals surface area contributed by atoms with Crippen molar-refractivity contribution in [2.45, 2.75) is 18.6 Å². The summed E-state index contributed by atoms with van der Waals surface area (Å²) in [6.45, 7) is 3.45. The molecule has 0 fully saturated rings. The van der Waals surface area contributed by atoms with Gasteiger partial charge >= 0.3 is 6.18 Å². The molecule has 1 aromatic heterocycles. The van der Waals surface area contributed by atoms with Crippen LogP contribution in [0.3, 0.4) is 0 Å². The van der Waals surface area contributed by atoms with E-state index in [9.17, 15) is 13.2 Å². The number of hydrogen-bond donors (Lipinski definition) is 0. The molecule has 1 unspecified atom stereocenters. The molecule has 0 aliphatic heterocycles. The fraction of sp³-hybridized carbons (Fsp3) is 0.364. The van der Waals surface area contributed by atoms with Gasteiger partial charge in [-0.25, -0.2) is 0 Å². The van der Waals surface area contributed by atoms with Crippen LogP contribution in [-0.4, -0.2) is 9.78 Å². The number of alkyl halides is 3. The summed E-state index contributed by atoms with van der Waals surface area (Å²) in [4.78, 5) is 0. The van der Waals surface area contributed by atoms with Crippen molar-refractivity contribution >= 4 is 0 Å². The van der Waals surface area contributed by atoms with E-state index in [1.165, 1.54) is 6.08 Å². The van der Waals surface area contributed by atoms with Crippen LogP contribution >= 0.6 is 0 Å². The monoisotopic (exact) mass is 254 g/mol. The number of halogens is 3. The molecule has 18 heavy (non-hydrogen) atoms. The van der Waals surface area contributed by atoms with Crippen LogP contribution < -0.4 is 0 Å². The Labute approximate surface area is 102 Å². The lowest BCUT2D eigenvalue weighted by molar-refractivity contribution is -0.141. The van der Waals surface area contributed by atoms with Gasteiger partial charge in [0.15, 0.2) is 11.6 Å². The van der Waals surface area contributed by atoms with Crippen LogP contribution in [0.5, 0.6) is 0 Å². The normalized spacial score (nSPS) is 12.8. The molecule has 0 saturated carbocycles. The van der Waals surface area contributed by atoms with Crippen LogP contribution in [0.1, 0.15) is 18.2 Å². The zero-order valence-electron chi connectivity index (χ0n) is 9.22. The molecule has 0 spiro atoms. The van der Waals surface area contributed by atoms with E-state index in [-0.39, 0.29) is 6.42 Å². The average molecular weight is 254 g/mol.